The van der Waals surface area contributed by atoms with E-state index in [1.54, 1.807) is 11.9 Å². The van der Waals surface area contributed by atoms with E-state index in [0.29, 0.717) is 5.92 Å². The minimum Gasteiger partial charge on any atom is -0.340 e. The van der Waals surface area contributed by atoms with Crippen LogP contribution in [0.4, 0.5) is 4.79 Å². The van der Waals surface area contributed by atoms with E-state index in [4.69, 9.17) is 4.99 Å². The highest BCUT2D eigenvalue weighted by atomic mass is 16.2. The molecule has 31 heavy (non-hydrogen) atoms. The van der Waals surface area contributed by atoms with E-state index in [0.717, 1.165) is 58.1 Å². The lowest BCUT2D eigenvalue weighted by atomic mass is 10.1. The number of fused-ring (bicyclic) bond motifs is 1. The van der Waals surface area contributed by atoms with Crippen molar-refractivity contribution in [3.8, 4) is 0 Å². The van der Waals surface area contributed by atoms with Crippen LogP contribution in [0.5, 0.6) is 0 Å². The molecule has 1 aromatic rings. The lowest BCUT2D eigenvalue weighted by Gasteiger charge is -2.40. The van der Waals surface area contributed by atoms with Crippen molar-refractivity contribution in [1.82, 2.24) is 24.9 Å². The lowest BCUT2D eigenvalue weighted by Crippen LogP contribution is -2.64. The highest BCUT2D eigenvalue weighted by molar-refractivity contribution is 6.03. The number of aliphatic imine (C=N–C) groups is 1. The molecule has 0 aliphatic carbocycles. The zero-order chi connectivity index (χ0) is 22.0. The minimum absolute atomic E-state index is 0.239. The third-order valence-electron chi connectivity index (χ3n) is 6.50. The van der Waals surface area contributed by atoms with Crippen molar-refractivity contribution in [2.24, 2.45) is 10.9 Å². The van der Waals surface area contributed by atoms with Crippen LogP contribution >= 0.6 is 0 Å². The van der Waals surface area contributed by atoms with Gasteiger partial charge < -0.3 is 14.7 Å². The number of hydrogen-bond acceptors (Lipinski definition) is 6. The summed E-state index contributed by atoms with van der Waals surface area (Å²) >= 11 is 0. The molecule has 0 aromatic heterocycles. The fourth-order valence-electron chi connectivity index (χ4n) is 4.51. The largest absolute Gasteiger partial charge is 0.340 e. The Labute approximate surface area is 184 Å². The van der Waals surface area contributed by atoms with Gasteiger partial charge in [0.1, 0.15) is 0 Å². The molecule has 4 rings (SSSR count). The molecule has 2 saturated heterocycles. The molecule has 0 spiro atoms. The van der Waals surface area contributed by atoms with Crippen molar-refractivity contribution in [2.45, 2.75) is 38.9 Å². The van der Waals surface area contributed by atoms with E-state index in [9.17, 15) is 9.59 Å². The van der Waals surface area contributed by atoms with Crippen molar-refractivity contribution >= 4 is 17.9 Å². The highest BCUT2D eigenvalue weighted by Gasteiger charge is 2.49. The topological polar surface area (TPSA) is 71.5 Å². The number of piperazine rings is 1. The van der Waals surface area contributed by atoms with Gasteiger partial charge in [0.15, 0.2) is 18.2 Å². The first-order valence-electron chi connectivity index (χ1n) is 11.4. The Balaban J connectivity index is 1.41. The summed E-state index contributed by atoms with van der Waals surface area (Å²) < 4.78 is 0. The predicted octanol–water partition coefficient (Wildman–Crippen LogP) is 1.44. The van der Waals surface area contributed by atoms with Gasteiger partial charge in [-0.2, -0.15) is 0 Å². The SMILES string of the molecule is CC(C)CCN1C(N2CCN(CCc3ccccc3)CC2)=NC2C1C(=O)NC(=O)N2C. The molecule has 1 N–H and O–H groups in total. The maximum Gasteiger partial charge on any atom is 0.325 e. The van der Waals surface area contributed by atoms with Gasteiger partial charge in [0.05, 0.1) is 0 Å². The summed E-state index contributed by atoms with van der Waals surface area (Å²) in [6, 6.07) is 9.79. The molecule has 8 nitrogen and oxygen atoms in total. The quantitative estimate of drug-likeness (QED) is 0.745. The van der Waals surface area contributed by atoms with Crippen LogP contribution in [0.25, 0.3) is 0 Å². The molecule has 3 amide bonds. The van der Waals surface area contributed by atoms with Crippen molar-refractivity contribution in [2.75, 3.05) is 46.3 Å². The van der Waals surface area contributed by atoms with E-state index in [2.05, 4.69) is 64.2 Å². The van der Waals surface area contributed by atoms with Gasteiger partial charge in [-0.3, -0.25) is 15.0 Å². The molecule has 0 bridgehead atoms. The number of carbonyl (C=O) groups excluding carboxylic acids is 2. The number of hydrogen-bond donors (Lipinski definition) is 1. The molecular weight excluding hydrogens is 392 g/mol. The summed E-state index contributed by atoms with van der Waals surface area (Å²) in [6.07, 6.45) is 1.59. The van der Waals surface area contributed by atoms with Crippen LogP contribution in [0.15, 0.2) is 35.3 Å². The number of amides is 3. The van der Waals surface area contributed by atoms with Crippen LogP contribution in [0, 0.1) is 5.92 Å². The van der Waals surface area contributed by atoms with Gasteiger partial charge in [-0.15, -0.1) is 0 Å². The zero-order valence-corrected chi connectivity index (χ0v) is 18.8. The fraction of sp³-hybridized carbons (Fsp3) is 0.609. The van der Waals surface area contributed by atoms with Crippen LogP contribution in [-0.4, -0.2) is 96.0 Å². The van der Waals surface area contributed by atoms with Gasteiger partial charge in [-0.1, -0.05) is 44.2 Å². The number of guanidine groups is 1. The highest BCUT2D eigenvalue weighted by Crippen LogP contribution is 2.26. The second kappa shape index (κ2) is 9.26. The first kappa shape index (κ1) is 21.6. The summed E-state index contributed by atoms with van der Waals surface area (Å²) in [6.45, 7) is 9.89. The Hall–Kier alpha value is -2.61. The summed E-state index contributed by atoms with van der Waals surface area (Å²) in [7, 11) is 1.72. The number of urea groups is 1. The first-order chi connectivity index (χ1) is 14.9. The van der Waals surface area contributed by atoms with Crippen molar-refractivity contribution in [3.63, 3.8) is 0 Å². The molecular formula is C23H34N6O2. The molecule has 2 fully saturated rings. The molecule has 8 heteroatoms. The Morgan fingerprint density at radius 2 is 1.77 bits per heavy atom. The fourth-order valence-corrected chi connectivity index (χ4v) is 4.51. The normalized spacial score (nSPS) is 24.5. The van der Waals surface area contributed by atoms with Gasteiger partial charge in [0, 0.05) is 46.3 Å². The van der Waals surface area contributed by atoms with Crippen LogP contribution in [0.2, 0.25) is 0 Å². The number of nitrogens with one attached hydrogen (secondary N) is 1. The van der Waals surface area contributed by atoms with E-state index in [1.807, 2.05) is 0 Å². The molecule has 3 aliphatic heterocycles. The Kier molecular flexibility index (Phi) is 6.46. The van der Waals surface area contributed by atoms with Crippen LogP contribution in [-0.2, 0) is 11.2 Å². The van der Waals surface area contributed by atoms with E-state index >= 15 is 0 Å². The van der Waals surface area contributed by atoms with E-state index in [-0.39, 0.29) is 11.9 Å². The third kappa shape index (κ3) is 4.69. The number of benzene rings is 1. The van der Waals surface area contributed by atoms with Crippen molar-refractivity contribution < 1.29 is 9.59 Å². The minimum atomic E-state index is -0.445. The van der Waals surface area contributed by atoms with E-state index in [1.165, 1.54) is 5.56 Å². The second-order valence-corrected chi connectivity index (χ2v) is 9.13. The Morgan fingerprint density at radius 3 is 2.45 bits per heavy atom. The maximum absolute atomic E-state index is 12.7. The maximum atomic E-state index is 12.7. The molecule has 2 atom stereocenters. The van der Waals surface area contributed by atoms with Crippen LogP contribution in [0.3, 0.4) is 0 Å². The van der Waals surface area contributed by atoms with Gasteiger partial charge in [0.25, 0.3) is 5.91 Å². The average molecular weight is 427 g/mol. The van der Waals surface area contributed by atoms with E-state index < -0.39 is 12.2 Å². The number of rotatable bonds is 6. The number of carbonyl (C=O) groups is 2. The summed E-state index contributed by atoms with van der Waals surface area (Å²) in [4.78, 5) is 38.2. The van der Waals surface area contributed by atoms with Crippen molar-refractivity contribution in [1.29, 1.82) is 0 Å². The standard InChI is InChI=1S/C23H34N6O2/c1-17(2)9-12-29-19-20(26(3)23(31)25-21(19)30)24-22(29)28-15-13-27(14-16-28)11-10-18-7-5-4-6-8-18/h4-8,17,19-20H,9-16H2,1-3H3,(H,25,30,31). The number of imide groups is 1. The molecule has 1 aromatic carbocycles. The molecule has 168 valence electrons. The molecule has 2 unspecified atom stereocenters. The van der Waals surface area contributed by atoms with Crippen molar-refractivity contribution in [3.05, 3.63) is 35.9 Å². The second-order valence-electron chi connectivity index (χ2n) is 9.13. The Morgan fingerprint density at radius 1 is 1.06 bits per heavy atom. The van der Waals surface area contributed by atoms with Crippen LogP contribution in [0.1, 0.15) is 25.8 Å². The van der Waals surface area contributed by atoms with Gasteiger partial charge in [0.2, 0.25) is 0 Å². The lowest BCUT2D eigenvalue weighted by molar-refractivity contribution is -0.127. The molecule has 3 heterocycles. The Bertz CT molecular complexity index is 819. The summed E-state index contributed by atoms with van der Waals surface area (Å²) in [5.41, 5.74) is 1.37. The van der Waals surface area contributed by atoms with Crippen LogP contribution < -0.4 is 5.32 Å². The predicted molar refractivity (Wildman–Crippen MR) is 121 cm³/mol. The molecule has 3 aliphatic rings. The average Bonchev–Trinajstić information content (AvgIpc) is 3.16. The summed E-state index contributed by atoms with van der Waals surface area (Å²) in [5, 5.41) is 2.49. The smallest absolute Gasteiger partial charge is 0.325 e. The molecule has 0 saturated carbocycles. The number of likely N-dealkylation sites (N-methyl/N-ethyl adjacent to an activating group) is 1. The molecule has 0 radical (unpaired) electrons. The summed E-state index contributed by atoms with van der Waals surface area (Å²) in [5.74, 6) is 1.16. The first-order valence-corrected chi connectivity index (χ1v) is 11.4. The van der Waals surface area contributed by atoms with Gasteiger partial charge in [-0.05, 0) is 24.3 Å². The number of nitrogens with zero attached hydrogens (tertiary/aromatic N) is 5. The third-order valence-corrected chi connectivity index (χ3v) is 6.50. The zero-order valence-electron chi connectivity index (χ0n) is 18.8. The van der Waals surface area contributed by atoms with Gasteiger partial charge in [-0.25, -0.2) is 9.79 Å². The van der Waals surface area contributed by atoms with Gasteiger partial charge >= 0.3 is 6.03 Å². The monoisotopic (exact) mass is 426 g/mol.